The van der Waals surface area contributed by atoms with Gasteiger partial charge in [0.15, 0.2) is 0 Å². The quantitative estimate of drug-likeness (QED) is 0.806. The van der Waals surface area contributed by atoms with E-state index in [9.17, 15) is 14.4 Å². The van der Waals surface area contributed by atoms with Crippen molar-refractivity contribution in [2.45, 2.75) is 19.4 Å². The maximum Gasteiger partial charge on any atom is 0.412 e. The number of benzene rings is 1. The van der Waals surface area contributed by atoms with Crippen LogP contribution in [0.5, 0.6) is 0 Å². The summed E-state index contributed by atoms with van der Waals surface area (Å²) in [6, 6.07) is 9.15. The lowest BCUT2D eigenvalue weighted by Crippen LogP contribution is -2.38. The average Bonchev–Trinajstić information content (AvgIpc) is 2.54. The molecule has 122 valence electrons. The summed E-state index contributed by atoms with van der Waals surface area (Å²) in [5.41, 5.74) is 6.61. The molecule has 0 spiro atoms. The number of hydrogen-bond donors (Lipinski definition) is 2. The van der Waals surface area contributed by atoms with Crippen molar-refractivity contribution in [3.63, 3.8) is 0 Å². The zero-order valence-corrected chi connectivity index (χ0v) is 12.9. The van der Waals surface area contributed by atoms with Crippen LogP contribution in [0, 0.1) is 0 Å². The number of alkyl carbamates (subject to hydrolysis) is 1. The highest BCUT2D eigenvalue weighted by Gasteiger charge is 2.24. The van der Waals surface area contributed by atoms with E-state index in [0.29, 0.717) is 18.5 Å². The molecule has 0 atom stereocenters. The van der Waals surface area contributed by atoms with Gasteiger partial charge in [-0.2, -0.15) is 0 Å². The Morgan fingerprint density at radius 2 is 2.00 bits per heavy atom. The van der Waals surface area contributed by atoms with Gasteiger partial charge in [0.1, 0.15) is 12.3 Å². The predicted octanol–water partition coefficient (Wildman–Crippen LogP) is 0.904. The number of piperidine rings is 1. The third-order valence-corrected chi connectivity index (χ3v) is 3.58. The number of ether oxygens (including phenoxy) is 1. The second-order valence-electron chi connectivity index (χ2n) is 5.27. The number of nitrogens with zero attached hydrogens (tertiary/aromatic N) is 1. The van der Waals surface area contributed by atoms with Crippen LogP contribution in [-0.2, 0) is 20.9 Å². The fourth-order valence-electron chi connectivity index (χ4n) is 2.23. The maximum atomic E-state index is 11.8. The maximum absolute atomic E-state index is 11.8. The van der Waals surface area contributed by atoms with Crippen molar-refractivity contribution >= 4 is 17.9 Å². The molecule has 1 saturated heterocycles. The minimum Gasteiger partial charge on any atom is -0.444 e. The number of carbonyl (C=O) groups is 3. The zero-order chi connectivity index (χ0) is 16.8. The molecule has 23 heavy (non-hydrogen) atoms. The van der Waals surface area contributed by atoms with Gasteiger partial charge in [0.25, 0.3) is 5.91 Å². The zero-order valence-electron chi connectivity index (χ0n) is 12.9. The van der Waals surface area contributed by atoms with Crippen LogP contribution < -0.4 is 11.1 Å². The first kappa shape index (κ1) is 16.5. The van der Waals surface area contributed by atoms with Crippen molar-refractivity contribution in [2.24, 2.45) is 5.73 Å². The first-order valence-corrected chi connectivity index (χ1v) is 7.21. The normalized spacial score (nSPS) is 16.7. The number of amides is 3. The first-order chi connectivity index (χ1) is 11.0. The summed E-state index contributed by atoms with van der Waals surface area (Å²) < 4.78 is 5.06. The van der Waals surface area contributed by atoms with Gasteiger partial charge in [0.2, 0.25) is 5.91 Å². The van der Waals surface area contributed by atoms with E-state index in [-0.39, 0.29) is 24.6 Å². The molecule has 2 rings (SSSR count). The molecule has 0 unspecified atom stereocenters. The molecule has 1 aliphatic heterocycles. The Bertz CT molecular complexity index is 640. The van der Waals surface area contributed by atoms with E-state index < -0.39 is 12.0 Å². The second kappa shape index (κ2) is 7.44. The SMILES string of the molecule is CN1CC/C(=C(/NC(=O)OCc2ccccc2)C(N)=O)CC1=O. The minimum atomic E-state index is -0.783. The molecule has 3 amide bonds. The van der Waals surface area contributed by atoms with Crippen molar-refractivity contribution < 1.29 is 19.1 Å². The average molecular weight is 317 g/mol. The fraction of sp³-hybridized carbons (Fsp3) is 0.312. The molecule has 1 heterocycles. The third-order valence-electron chi connectivity index (χ3n) is 3.58. The summed E-state index contributed by atoms with van der Waals surface area (Å²) in [6.07, 6.45) is -0.228. The Kier molecular flexibility index (Phi) is 5.35. The molecule has 3 N–H and O–H groups in total. The van der Waals surface area contributed by atoms with E-state index >= 15 is 0 Å². The van der Waals surface area contributed by atoms with E-state index in [1.165, 1.54) is 0 Å². The fourth-order valence-corrected chi connectivity index (χ4v) is 2.23. The van der Waals surface area contributed by atoms with Crippen molar-refractivity contribution in [3.05, 3.63) is 47.2 Å². The number of nitrogens with one attached hydrogen (secondary N) is 1. The summed E-state index contributed by atoms with van der Waals surface area (Å²) >= 11 is 0. The number of carbonyl (C=O) groups excluding carboxylic acids is 3. The summed E-state index contributed by atoms with van der Waals surface area (Å²) in [6.45, 7) is 0.557. The molecular weight excluding hydrogens is 298 g/mol. The summed E-state index contributed by atoms with van der Waals surface area (Å²) in [5.74, 6) is -0.904. The van der Waals surface area contributed by atoms with Crippen molar-refractivity contribution in [1.82, 2.24) is 10.2 Å². The lowest BCUT2D eigenvalue weighted by Gasteiger charge is -2.25. The molecule has 0 saturated carbocycles. The van der Waals surface area contributed by atoms with Gasteiger partial charge in [-0.25, -0.2) is 4.79 Å². The molecule has 1 aromatic carbocycles. The van der Waals surface area contributed by atoms with Crippen LogP contribution in [0.4, 0.5) is 4.79 Å². The summed E-state index contributed by atoms with van der Waals surface area (Å²) in [5, 5.41) is 2.36. The molecule has 7 nitrogen and oxygen atoms in total. The van der Waals surface area contributed by atoms with E-state index in [1.54, 1.807) is 11.9 Å². The smallest absolute Gasteiger partial charge is 0.412 e. The van der Waals surface area contributed by atoms with Gasteiger partial charge < -0.3 is 15.4 Å². The first-order valence-electron chi connectivity index (χ1n) is 7.21. The molecule has 0 aliphatic carbocycles. The third kappa shape index (κ3) is 4.57. The van der Waals surface area contributed by atoms with E-state index in [4.69, 9.17) is 10.5 Å². The van der Waals surface area contributed by atoms with E-state index in [0.717, 1.165) is 5.56 Å². The highest BCUT2D eigenvalue weighted by atomic mass is 16.5. The lowest BCUT2D eigenvalue weighted by atomic mass is 10.0. The Morgan fingerprint density at radius 3 is 2.61 bits per heavy atom. The Labute approximate surface area is 134 Å². The van der Waals surface area contributed by atoms with Gasteiger partial charge in [-0.05, 0) is 17.6 Å². The number of rotatable bonds is 4. The van der Waals surface area contributed by atoms with Gasteiger partial charge in [0, 0.05) is 13.6 Å². The Balaban J connectivity index is 2.00. The standard InChI is InChI=1S/C16H19N3O4/c1-19-8-7-12(9-13(19)20)14(15(17)21)18-16(22)23-10-11-5-3-2-4-6-11/h2-6H,7-10H2,1H3,(H2,17,21)(H,18,22)/b14-12-. The second-order valence-corrected chi connectivity index (χ2v) is 5.27. The van der Waals surface area contributed by atoms with E-state index in [1.807, 2.05) is 30.3 Å². The predicted molar refractivity (Wildman–Crippen MR) is 82.9 cm³/mol. The lowest BCUT2D eigenvalue weighted by molar-refractivity contribution is -0.130. The van der Waals surface area contributed by atoms with Crippen LogP contribution >= 0.6 is 0 Å². The van der Waals surface area contributed by atoms with Crippen LogP contribution in [0.15, 0.2) is 41.6 Å². The van der Waals surface area contributed by atoms with Gasteiger partial charge in [-0.1, -0.05) is 30.3 Å². The highest BCUT2D eigenvalue weighted by Crippen LogP contribution is 2.19. The minimum absolute atomic E-state index is 0.0514. The summed E-state index contributed by atoms with van der Waals surface area (Å²) in [4.78, 5) is 36.7. The summed E-state index contributed by atoms with van der Waals surface area (Å²) in [7, 11) is 1.69. The van der Waals surface area contributed by atoms with Crippen LogP contribution in [0.2, 0.25) is 0 Å². The van der Waals surface area contributed by atoms with Crippen molar-refractivity contribution in [2.75, 3.05) is 13.6 Å². The van der Waals surface area contributed by atoms with Crippen LogP contribution in [0.1, 0.15) is 18.4 Å². The number of likely N-dealkylation sites (tertiary alicyclic amines) is 1. The van der Waals surface area contributed by atoms with Crippen molar-refractivity contribution in [1.29, 1.82) is 0 Å². The van der Waals surface area contributed by atoms with Crippen LogP contribution in [-0.4, -0.2) is 36.4 Å². The van der Waals surface area contributed by atoms with Gasteiger partial charge >= 0.3 is 6.09 Å². The molecule has 0 bridgehead atoms. The van der Waals surface area contributed by atoms with Gasteiger partial charge in [-0.15, -0.1) is 0 Å². The highest BCUT2D eigenvalue weighted by molar-refractivity contribution is 5.97. The topological polar surface area (TPSA) is 102 Å². The monoisotopic (exact) mass is 317 g/mol. The Hall–Kier alpha value is -2.83. The largest absolute Gasteiger partial charge is 0.444 e. The Morgan fingerprint density at radius 1 is 1.30 bits per heavy atom. The van der Waals surface area contributed by atoms with Crippen LogP contribution in [0.25, 0.3) is 0 Å². The molecular formula is C16H19N3O4. The molecule has 0 radical (unpaired) electrons. The molecule has 1 aromatic rings. The van der Waals surface area contributed by atoms with Crippen LogP contribution in [0.3, 0.4) is 0 Å². The molecule has 1 aliphatic rings. The number of hydrogen-bond acceptors (Lipinski definition) is 4. The van der Waals surface area contributed by atoms with Gasteiger partial charge in [-0.3, -0.25) is 14.9 Å². The molecule has 0 aromatic heterocycles. The van der Waals surface area contributed by atoms with E-state index in [2.05, 4.69) is 5.32 Å². The molecule has 1 fully saturated rings. The number of nitrogens with two attached hydrogens (primary N) is 1. The molecule has 7 heteroatoms. The van der Waals surface area contributed by atoms with Crippen molar-refractivity contribution in [3.8, 4) is 0 Å². The number of primary amides is 1. The van der Waals surface area contributed by atoms with Gasteiger partial charge in [0.05, 0.1) is 6.42 Å².